The average molecular weight is 169 g/mol. The molecule has 4 nitrogen and oxygen atoms in total. The lowest BCUT2D eigenvalue weighted by atomic mass is 10.2. The fourth-order valence-corrected chi connectivity index (χ4v) is 1.16. The maximum atomic E-state index is 11.1. The standard InChI is InChI=1S/C8H15N3O/c1-3-9-5-4-7-6(2)10-11-8(7)12/h9H,3-5H2,1-2H3,(H2,10,11,12). The summed E-state index contributed by atoms with van der Waals surface area (Å²) >= 11 is 0. The van der Waals surface area contributed by atoms with Gasteiger partial charge in [0.2, 0.25) is 0 Å². The van der Waals surface area contributed by atoms with Crippen LogP contribution in [0, 0.1) is 6.92 Å². The van der Waals surface area contributed by atoms with Gasteiger partial charge in [-0.3, -0.25) is 9.89 Å². The number of aromatic nitrogens is 2. The number of nitrogens with one attached hydrogen (secondary N) is 3. The Labute approximate surface area is 71.4 Å². The van der Waals surface area contributed by atoms with Crippen molar-refractivity contribution in [2.45, 2.75) is 20.3 Å². The van der Waals surface area contributed by atoms with Gasteiger partial charge in [-0.15, -0.1) is 0 Å². The summed E-state index contributed by atoms with van der Waals surface area (Å²) in [5, 5.41) is 8.53. The van der Waals surface area contributed by atoms with Crippen molar-refractivity contribution in [3.05, 3.63) is 21.6 Å². The van der Waals surface area contributed by atoms with Crippen LogP contribution < -0.4 is 10.9 Å². The van der Waals surface area contributed by atoms with Crippen LogP contribution in [0.5, 0.6) is 0 Å². The van der Waals surface area contributed by atoms with Crippen LogP contribution in [0.1, 0.15) is 18.2 Å². The first-order valence-electron chi connectivity index (χ1n) is 4.22. The molecule has 0 aliphatic carbocycles. The minimum absolute atomic E-state index is 0.00500. The zero-order valence-corrected chi connectivity index (χ0v) is 7.53. The molecule has 0 bridgehead atoms. The van der Waals surface area contributed by atoms with Crippen LogP contribution in [-0.2, 0) is 6.42 Å². The van der Waals surface area contributed by atoms with E-state index in [1.165, 1.54) is 0 Å². The summed E-state index contributed by atoms with van der Waals surface area (Å²) in [4.78, 5) is 11.1. The Hall–Kier alpha value is -1.03. The van der Waals surface area contributed by atoms with Gasteiger partial charge in [0.05, 0.1) is 0 Å². The van der Waals surface area contributed by atoms with E-state index in [0.29, 0.717) is 0 Å². The van der Waals surface area contributed by atoms with Crippen molar-refractivity contribution in [2.75, 3.05) is 13.1 Å². The summed E-state index contributed by atoms with van der Waals surface area (Å²) in [6.45, 7) is 5.76. The predicted octanol–water partition coefficient (Wildman–Crippen LogP) is 0.163. The molecule has 0 unspecified atom stereocenters. The summed E-state index contributed by atoms with van der Waals surface area (Å²) in [5.41, 5.74) is 1.80. The van der Waals surface area contributed by atoms with Crippen LogP contribution in [-0.4, -0.2) is 23.3 Å². The number of H-pyrrole nitrogens is 2. The lowest BCUT2D eigenvalue weighted by Gasteiger charge is -1.98. The fraction of sp³-hybridized carbons (Fsp3) is 0.625. The molecule has 0 atom stereocenters. The van der Waals surface area contributed by atoms with Gasteiger partial charge < -0.3 is 10.4 Å². The molecule has 1 heterocycles. The number of rotatable bonds is 4. The molecule has 12 heavy (non-hydrogen) atoms. The maximum Gasteiger partial charge on any atom is 0.267 e. The van der Waals surface area contributed by atoms with Gasteiger partial charge in [-0.05, 0) is 26.4 Å². The van der Waals surface area contributed by atoms with Gasteiger partial charge in [-0.25, -0.2) is 0 Å². The SMILES string of the molecule is CCNCCc1c(C)[nH][nH]c1=O. The highest BCUT2D eigenvalue weighted by atomic mass is 16.1. The van der Waals surface area contributed by atoms with E-state index in [0.717, 1.165) is 30.8 Å². The highest BCUT2D eigenvalue weighted by molar-refractivity contribution is 5.14. The van der Waals surface area contributed by atoms with Gasteiger partial charge in [0.1, 0.15) is 0 Å². The molecule has 0 spiro atoms. The van der Waals surface area contributed by atoms with E-state index in [-0.39, 0.29) is 5.56 Å². The van der Waals surface area contributed by atoms with Crippen LogP contribution in [0.4, 0.5) is 0 Å². The van der Waals surface area contributed by atoms with Gasteiger partial charge in [0.25, 0.3) is 5.56 Å². The molecule has 68 valence electrons. The first-order valence-corrected chi connectivity index (χ1v) is 4.22. The number of hydrogen-bond donors (Lipinski definition) is 3. The predicted molar refractivity (Wildman–Crippen MR) is 48.4 cm³/mol. The molecule has 0 saturated heterocycles. The molecule has 0 fully saturated rings. The van der Waals surface area contributed by atoms with Crippen LogP contribution in [0.2, 0.25) is 0 Å². The molecule has 1 aromatic heterocycles. The molecule has 1 rings (SSSR count). The normalized spacial score (nSPS) is 10.5. The molecule has 4 heteroatoms. The Morgan fingerprint density at radius 2 is 2.17 bits per heavy atom. The molecule has 0 amide bonds. The van der Waals surface area contributed by atoms with E-state index in [1.807, 2.05) is 13.8 Å². The van der Waals surface area contributed by atoms with E-state index < -0.39 is 0 Å². The lowest BCUT2D eigenvalue weighted by Crippen LogP contribution is -2.19. The second kappa shape index (κ2) is 4.11. The molecule has 0 aromatic carbocycles. The third-order valence-electron chi connectivity index (χ3n) is 1.89. The van der Waals surface area contributed by atoms with E-state index in [1.54, 1.807) is 0 Å². The van der Waals surface area contributed by atoms with E-state index in [9.17, 15) is 4.79 Å². The summed E-state index contributed by atoms with van der Waals surface area (Å²) in [5.74, 6) is 0. The number of hydrogen-bond acceptors (Lipinski definition) is 2. The fourth-order valence-electron chi connectivity index (χ4n) is 1.16. The van der Waals surface area contributed by atoms with Gasteiger partial charge >= 0.3 is 0 Å². The highest BCUT2D eigenvalue weighted by Gasteiger charge is 2.03. The quantitative estimate of drug-likeness (QED) is 0.562. The largest absolute Gasteiger partial charge is 0.317 e. The van der Waals surface area contributed by atoms with Crippen LogP contribution >= 0.6 is 0 Å². The van der Waals surface area contributed by atoms with Crippen molar-refractivity contribution in [3.63, 3.8) is 0 Å². The first kappa shape index (κ1) is 9.06. The van der Waals surface area contributed by atoms with Crippen molar-refractivity contribution in [1.82, 2.24) is 15.5 Å². The molecule has 0 saturated carbocycles. The number of aromatic amines is 2. The van der Waals surface area contributed by atoms with E-state index in [2.05, 4.69) is 15.5 Å². The van der Waals surface area contributed by atoms with Crippen molar-refractivity contribution >= 4 is 0 Å². The molecular weight excluding hydrogens is 154 g/mol. The third kappa shape index (κ3) is 1.98. The summed E-state index contributed by atoms with van der Waals surface area (Å²) in [7, 11) is 0. The first-order chi connectivity index (χ1) is 5.75. The number of aryl methyl sites for hydroxylation is 1. The Balaban J connectivity index is 2.56. The maximum absolute atomic E-state index is 11.1. The van der Waals surface area contributed by atoms with Gasteiger partial charge in [-0.2, -0.15) is 0 Å². The zero-order valence-electron chi connectivity index (χ0n) is 7.53. The average Bonchev–Trinajstić information content (AvgIpc) is 2.35. The van der Waals surface area contributed by atoms with Crippen molar-refractivity contribution in [3.8, 4) is 0 Å². The van der Waals surface area contributed by atoms with E-state index >= 15 is 0 Å². The van der Waals surface area contributed by atoms with Crippen molar-refractivity contribution < 1.29 is 0 Å². The second-order valence-corrected chi connectivity index (χ2v) is 2.79. The minimum Gasteiger partial charge on any atom is -0.317 e. The Morgan fingerprint density at radius 3 is 2.67 bits per heavy atom. The molecule has 1 aromatic rings. The van der Waals surface area contributed by atoms with Crippen LogP contribution in [0.25, 0.3) is 0 Å². The minimum atomic E-state index is 0.00500. The second-order valence-electron chi connectivity index (χ2n) is 2.79. The number of likely N-dealkylation sites (N-methyl/N-ethyl adjacent to an activating group) is 1. The zero-order chi connectivity index (χ0) is 8.97. The van der Waals surface area contributed by atoms with Gasteiger partial charge in [0.15, 0.2) is 0 Å². The molecular formula is C8H15N3O. The Morgan fingerprint density at radius 1 is 1.42 bits per heavy atom. The molecule has 0 aliphatic rings. The summed E-state index contributed by atoms with van der Waals surface area (Å²) < 4.78 is 0. The van der Waals surface area contributed by atoms with Crippen LogP contribution in [0.3, 0.4) is 0 Å². The van der Waals surface area contributed by atoms with Gasteiger partial charge in [0, 0.05) is 11.3 Å². The van der Waals surface area contributed by atoms with Crippen molar-refractivity contribution in [1.29, 1.82) is 0 Å². The smallest absolute Gasteiger partial charge is 0.267 e. The molecule has 3 N–H and O–H groups in total. The van der Waals surface area contributed by atoms with Crippen LogP contribution in [0.15, 0.2) is 4.79 Å². The Bertz CT molecular complexity index is 287. The summed E-state index contributed by atoms with van der Waals surface area (Å²) in [6.07, 6.45) is 0.790. The highest BCUT2D eigenvalue weighted by Crippen LogP contribution is 1.96. The van der Waals surface area contributed by atoms with Crippen molar-refractivity contribution in [2.24, 2.45) is 0 Å². The third-order valence-corrected chi connectivity index (χ3v) is 1.89. The summed E-state index contributed by atoms with van der Waals surface area (Å²) in [6, 6.07) is 0. The topological polar surface area (TPSA) is 60.7 Å². The Kier molecular flexibility index (Phi) is 3.10. The lowest BCUT2D eigenvalue weighted by molar-refractivity contribution is 0.713. The van der Waals surface area contributed by atoms with E-state index in [4.69, 9.17) is 0 Å². The van der Waals surface area contributed by atoms with Gasteiger partial charge in [-0.1, -0.05) is 6.92 Å². The molecule has 0 aliphatic heterocycles. The monoisotopic (exact) mass is 169 g/mol. The molecule has 0 radical (unpaired) electrons.